The molecule has 0 aromatic rings. The van der Waals surface area contributed by atoms with Crippen LogP contribution >= 0.6 is 0 Å². The maximum atomic E-state index is 10.9. The molecule has 0 saturated carbocycles. The van der Waals surface area contributed by atoms with E-state index in [9.17, 15) is 4.79 Å². The van der Waals surface area contributed by atoms with E-state index in [0.29, 0.717) is 6.42 Å². The monoisotopic (exact) mass is 214 g/mol. The van der Waals surface area contributed by atoms with Gasteiger partial charge in [0.15, 0.2) is 0 Å². The van der Waals surface area contributed by atoms with Crippen LogP contribution in [0.3, 0.4) is 0 Å². The summed E-state index contributed by atoms with van der Waals surface area (Å²) in [4.78, 5) is 10.9. The van der Waals surface area contributed by atoms with E-state index in [0.717, 1.165) is 18.8 Å². The molecule has 0 aliphatic carbocycles. The standard InChI is InChI=1S/C13H26O2/c1-4-5-6-7-9-12(2)10-8-11-13(14)15-3/h12H,4-11H2,1-3H3. The molecular weight excluding hydrogens is 188 g/mol. The van der Waals surface area contributed by atoms with E-state index in [4.69, 9.17) is 0 Å². The van der Waals surface area contributed by atoms with E-state index in [1.54, 1.807) is 0 Å². The molecule has 90 valence electrons. The van der Waals surface area contributed by atoms with Crippen LogP contribution in [0.15, 0.2) is 0 Å². The van der Waals surface area contributed by atoms with Crippen molar-refractivity contribution in [1.82, 2.24) is 0 Å². The van der Waals surface area contributed by atoms with Crippen molar-refractivity contribution >= 4 is 5.97 Å². The number of rotatable bonds is 9. The van der Waals surface area contributed by atoms with E-state index >= 15 is 0 Å². The molecule has 1 atom stereocenters. The van der Waals surface area contributed by atoms with Crippen LogP contribution in [0, 0.1) is 5.92 Å². The number of hydrogen-bond acceptors (Lipinski definition) is 2. The summed E-state index contributed by atoms with van der Waals surface area (Å²) in [5, 5.41) is 0. The Morgan fingerprint density at radius 2 is 1.80 bits per heavy atom. The average molecular weight is 214 g/mol. The van der Waals surface area contributed by atoms with Crippen molar-refractivity contribution in [1.29, 1.82) is 0 Å². The lowest BCUT2D eigenvalue weighted by molar-refractivity contribution is -0.140. The SMILES string of the molecule is CCCCCCC(C)CCCC(=O)OC. The Balaban J connectivity index is 3.25. The lowest BCUT2D eigenvalue weighted by Crippen LogP contribution is -2.02. The number of carbonyl (C=O) groups is 1. The Morgan fingerprint density at radius 1 is 1.13 bits per heavy atom. The summed E-state index contributed by atoms with van der Waals surface area (Å²) in [6, 6.07) is 0. The Kier molecular flexibility index (Phi) is 9.65. The topological polar surface area (TPSA) is 26.3 Å². The second-order valence-electron chi connectivity index (χ2n) is 4.42. The quantitative estimate of drug-likeness (QED) is 0.429. The van der Waals surface area contributed by atoms with Gasteiger partial charge in [0.1, 0.15) is 0 Å². The first-order chi connectivity index (χ1) is 7.20. The highest BCUT2D eigenvalue weighted by Crippen LogP contribution is 2.16. The van der Waals surface area contributed by atoms with Gasteiger partial charge >= 0.3 is 5.97 Å². The zero-order valence-electron chi connectivity index (χ0n) is 10.6. The van der Waals surface area contributed by atoms with Gasteiger partial charge in [0.2, 0.25) is 0 Å². The highest BCUT2D eigenvalue weighted by molar-refractivity contribution is 5.68. The van der Waals surface area contributed by atoms with Gasteiger partial charge in [-0.25, -0.2) is 0 Å². The van der Waals surface area contributed by atoms with Gasteiger partial charge in [-0.2, -0.15) is 0 Å². The third-order valence-electron chi connectivity index (χ3n) is 2.86. The average Bonchev–Trinajstić information content (AvgIpc) is 2.24. The van der Waals surface area contributed by atoms with E-state index in [1.807, 2.05) is 0 Å². The van der Waals surface area contributed by atoms with Gasteiger partial charge < -0.3 is 4.74 Å². The van der Waals surface area contributed by atoms with Crippen LogP contribution < -0.4 is 0 Å². The van der Waals surface area contributed by atoms with E-state index in [1.165, 1.54) is 39.2 Å². The Labute approximate surface area is 94.4 Å². The van der Waals surface area contributed by atoms with Gasteiger partial charge in [0.25, 0.3) is 0 Å². The molecule has 0 amide bonds. The van der Waals surface area contributed by atoms with E-state index < -0.39 is 0 Å². The highest BCUT2D eigenvalue weighted by atomic mass is 16.5. The number of hydrogen-bond donors (Lipinski definition) is 0. The van der Waals surface area contributed by atoms with Crippen molar-refractivity contribution in [2.24, 2.45) is 5.92 Å². The van der Waals surface area contributed by atoms with Crippen LogP contribution in [0.1, 0.15) is 65.2 Å². The second kappa shape index (κ2) is 10.0. The molecule has 0 aliphatic rings. The molecule has 0 aliphatic heterocycles. The zero-order chi connectivity index (χ0) is 11.5. The van der Waals surface area contributed by atoms with Crippen molar-refractivity contribution in [2.45, 2.75) is 65.2 Å². The molecule has 0 N–H and O–H groups in total. The van der Waals surface area contributed by atoms with Crippen molar-refractivity contribution in [3.8, 4) is 0 Å². The maximum absolute atomic E-state index is 10.9. The number of esters is 1. The third-order valence-corrected chi connectivity index (χ3v) is 2.86. The Bertz CT molecular complexity index is 155. The molecule has 1 unspecified atom stereocenters. The normalized spacial score (nSPS) is 12.5. The smallest absolute Gasteiger partial charge is 0.305 e. The van der Waals surface area contributed by atoms with Crippen LogP contribution in [0.25, 0.3) is 0 Å². The molecule has 0 fully saturated rings. The lowest BCUT2D eigenvalue weighted by atomic mass is 9.97. The minimum atomic E-state index is -0.0758. The first-order valence-electron chi connectivity index (χ1n) is 6.27. The molecule has 0 rings (SSSR count). The van der Waals surface area contributed by atoms with Crippen molar-refractivity contribution in [3.05, 3.63) is 0 Å². The Morgan fingerprint density at radius 3 is 2.40 bits per heavy atom. The fourth-order valence-corrected chi connectivity index (χ4v) is 1.76. The van der Waals surface area contributed by atoms with E-state index in [-0.39, 0.29) is 5.97 Å². The predicted molar refractivity (Wildman–Crippen MR) is 63.8 cm³/mol. The summed E-state index contributed by atoms with van der Waals surface area (Å²) in [5.74, 6) is 0.680. The summed E-state index contributed by atoms with van der Waals surface area (Å²) in [6.45, 7) is 4.52. The summed E-state index contributed by atoms with van der Waals surface area (Å²) in [7, 11) is 1.45. The molecule has 0 radical (unpaired) electrons. The highest BCUT2D eigenvalue weighted by Gasteiger charge is 2.04. The molecular formula is C13H26O2. The first kappa shape index (κ1) is 14.5. The van der Waals surface area contributed by atoms with Gasteiger partial charge in [-0.15, -0.1) is 0 Å². The minimum Gasteiger partial charge on any atom is -0.469 e. The molecule has 15 heavy (non-hydrogen) atoms. The van der Waals surface area contributed by atoms with Crippen LogP contribution in [-0.2, 0) is 9.53 Å². The summed E-state index contributed by atoms with van der Waals surface area (Å²) < 4.78 is 4.61. The first-order valence-corrected chi connectivity index (χ1v) is 6.27. The van der Waals surface area contributed by atoms with Crippen LogP contribution in [0.4, 0.5) is 0 Å². The summed E-state index contributed by atoms with van der Waals surface area (Å²) in [6.07, 6.45) is 9.37. The zero-order valence-corrected chi connectivity index (χ0v) is 10.6. The van der Waals surface area contributed by atoms with Gasteiger partial charge in [-0.05, 0) is 12.3 Å². The Hall–Kier alpha value is -0.530. The lowest BCUT2D eigenvalue weighted by Gasteiger charge is -2.10. The van der Waals surface area contributed by atoms with Crippen LogP contribution in [0.5, 0.6) is 0 Å². The molecule has 0 spiro atoms. The number of methoxy groups -OCH3 is 1. The predicted octanol–water partition coefficient (Wildman–Crippen LogP) is 3.94. The van der Waals surface area contributed by atoms with Gasteiger partial charge in [-0.1, -0.05) is 52.4 Å². The van der Waals surface area contributed by atoms with Crippen LogP contribution in [0.2, 0.25) is 0 Å². The molecule has 0 heterocycles. The largest absolute Gasteiger partial charge is 0.469 e. The molecule has 0 aromatic carbocycles. The molecule has 0 saturated heterocycles. The minimum absolute atomic E-state index is 0.0758. The third kappa shape index (κ3) is 9.77. The van der Waals surface area contributed by atoms with Gasteiger partial charge in [-0.3, -0.25) is 4.79 Å². The molecule has 2 heteroatoms. The molecule has 0 bridgehead atoms. The second-order valence-corrected chi connectivity index (χ2v) is 4.42. The summed E-state index contributed by atoms with van der Waals surface area (Å²) in [5.41, 5.74) is 0. The molecule has 0 aromatic heterocycles. The van der Waals surface area contributed by atoms with Crippen molar-refractivity contribution in [2.75, 3.05) is 7.11 Å². The fraction of sp³-hybridized carbons (Fsp3) is 0.923. The van der Waals surface area contributed by atoms with Crippen molar-refractivity contribution in [3.63, 3.8) is 0 Å². The van der Waals surface area contributed by atoms with Gasteiger partial charge in [0.05, 0.1) is 7.11 Å². The number of ether oxygens (including phenoxy) is 1. The number of unbranched alkanes of at least 4 members (excludes halogenated alkanes) is 3. The number of carbonyl (C=O) groups excluding carboxylic acids is 1. The van der Waals surface area contributed by atoms with E-state index in [2.05, 4.69) is 18.6 Å². The van der Waals surface area contributed by atoms with Crippen LogP contribution in [-0.4, -0.2) is 13.1 Å². The summed E-state index contributed by atoms with van der Waals surface area (Å²) >= 11 is 0. The van der Waals surface area contributed by atoms with Crippen molar-refractivity contribution < 1.29 is 9.53 Å². The maximum Gasteiger partial charge on any atom is 0.305 e. The molecule has 2 nitrogen and oxygen atoms in total. The van der Waals surface area contributed by atoms with Gasteiger partial charge in [0, 0.05) is 6.42 Å². The fourth-order valence-electron chi connectivity index (χ4n) is 1.76.